The summed E-state index contributed by atoms with van der Waals surface area (Å²) >= 11 is 0. The fraction of sp³-hybridized carbons (Fsp3) is 0.533. The summed E-state index contributed by atoms with van der Waals surface area (Å²) in [6.07, 6.45) is 3.69. The van der Waals surface area contributed by atoms with E-state index in [1.807, 2.05) is 24.3 Å². The summed E-state index contributed by atoms with van der Waals surface area (Å²) in [4.78, 5) is 11.8. The van der Waals surface area contributed by atoms with Gasteiger partial charge in [0, 0.05) is 18.6 Å². The number of benzene rings is 1. The molecule has 0 aliphatic rings. The van der Waals surface area contributed by atoms with Crippen LogP contribution in [0.25, 0.3) is 0 Å². The van der Waals surface area contributed by atoms with E-state index in [9.17, 15) is 4.79 Å². The van der Waals surface area contributed by atoms with Crippen molar-refractivity contribution in [3.63, 3.8) is 0 Å². The summed E-state index contributed by atoms with van der Waals surface area (Å²) in [6, 6.07) is 7.94. The minimum atomic E-state index is 0.171. The van der Waals surface area contributed by atoms with Crippen molar-refractivity contribution in [2.45, 2.75) is 39.5 Å². The van der Waals surface area contributed by atoms with Crippen LogP contribution in [0.3, 0.4) is 0 Å². The highest BCUT2D eigenvalue weighted by Crippen LogP contribution is 2.08. The van der Waals surface area contributed by atoms with Gasteiger partial charge in [0.2, 0.25) is 0 Å². The predicted molar refractivity (Wildman–Crippen MR) is 70.5 cm³/mol. The first-order valence-electron chi connectivity index (χ1n) is 6.47. The van der Waals surface area contributed by atoms with E-state index in [-0.39, 0.29) is 5.78 Å². The Morgan fingerprint density at radius 3 is 2.35 bits per heavy atom. The Balaban J connectivity index is 2.40. The average Bonchev–Trinajstić information content (AvgIpc) is 2.36. The van der Waals surface area contributed by atoms with Crippen molar-refractivity contribution < 1.29 is 9.53 Å². The lowest BCUT2D eigenvalue weighted by atomic mass is 10.0. The lowest BCUT2D eigenvalue weighted by Gasteiger charge is -2.04. The van der Waals surface area contributed by atoms with Gasteiger partial charge in [-0.05, 0) is 18.4 Å². The monoisotopic (exact) mass is 234 g/mol. The van der Waals surface area contributed by atoms with Crippen LogP contribution in [-0.4, -0.2) is 19.0 Å². The van der Waals surface area contributed by atoms with Crippen molar-refractivity contribution >= 4 is 5.78 Å². The van der Waals surface area contributed by atoms with E-state index in [4.69, 9.17) is 4.74 Å². The maximum atomic E-state index is 11.8. The lowest BCUT2D eigenvalue weighted by molar-refractivity contribution is 0.0879. The molecule has 1 rings (SSSR count). The van der Waals surface area contributed by atoms with Crippen LogP contribution in [0.4, 0.5) is 0 Å². The second kappa shape index (κ2) is 8.02. The van der Waals surface area contributed by atoms with Crippen molar-refractivity contribution in [1.82, 2.24) is 0 Å². The van der Waals surface area contributed by atoms with E-state index in [0.717, 1.165) is 31.4 Å². The molecule has 0 aromatic heterocycles. The Bertz CT molecular complexity index is 327. The molecule has 94 valence electrons. The van der Waals surface area contributed by atoms with Gasteiger partial charge in [-0.1, -0.05) is 44.5 Å². The molecule has 0 unspecified atom stereocenters. The number of ether oxygens (including phenoxy) is 1. The van der Waals surface area contributed by atoms with Crippen LogP contribution in [-0.2, 0) is 11.2 Å². The molecule has 0 saturated carbocycles. The SMILES string of the molecule is CCCOCCC(=O)c1ccc(CCC)cc1. The van der Waals surface area contributed by atoms with Crippen LogP contribution in [0.5, 0.6) is 0 Å². The molecule has 0 radical (unpaired) electrons. The second-order valence-electron chi connectivity index (χ2n) is 4.23. The zero-order valence-electron chi connectivity index (χ0n) is 10.9. The lowest BCUT2D eigenvalue weighted by Crippen LogP contribution is -2.05. The van der Waals surface area contributed by atoms with E-state index in [1.54, 1.807) is 0 Å². The maximum absolute atomic E-state index is 11.8. The molecule has 0 heterocycles. The zero-order chi connectivity index (χ0) is 12.5. The molecule has 0 atom stereocenters. The Hall–Kier alpha value is -1.15. The minimum absolute atomic E-state index is 0.171. The highest BCUT2D eigenvalue weighted by atomic mass is 16.5. The summed E-state index contributed by atoms with van der Waals surface area (Å²) in [5.41, 5.74) is 2.09. The normalized spacial score (nSPS) is 10.5. The van der Waals surface area contributed by atoms with Crippen molar-refractivity contribution in [2.75, 3.05) is 13.2 Å². The van der Waals surface area contributed by atoms with Gasteiger partial charge in [0.25, 0.3) is 0 Å². The van der Waals surface area contributed by atoms with Crippen LogP contribution in [0.2, 0.25) is 0 Å². The minimum Gasteiger partial charge on any atom is -0.381 e. The highest BCUT2D eigenvalue weighted by Gasteiger charge is 2.05. The molecule has 0 fully saturated rings. The molecule has 17 heavy (non-hydrogen) atoms. The second-order valence-corrected chi connectivity index (χ2v) is 4.23. The third-order valence-electron chi connectivity index (χ3n) is 2.64. The van der Waals surface area contributed by atoms with Crippen molar-refractivity contribution in [3.8, 4) is 0 Å². The molecule has 0 aliphatic heterocycles. The number of rotatable bonds is 8. The molecule has 0 amide bonds. The fourth-order valence-corrected chi connectivity index (χ4v) is 1.70. The van der Waals surface area contributed by atoms with Gasteiger partial charge in [-0.2, -0.15) is 0 Å². The van der Waals surface area contributed by atoms with Crippen LogP contribution in [0, 0.1) is 0 Å². The summed E-state index contributed by atoms with van der Waals surface area (Å²) < 4.78 is 5.32. The molecule has 1 aromatic carbocycles. The molecule has 0 bridgehead atoms. The van der Waals surface area contributed by atoms with Crippen molar-refractivity contribution in [1.29, 1.82) is 0 Å². The van der Waals surface area contributed by atoms with Gasteiger partial charge in [0.05, 0.1) is 6.61 Å². The third kappa shape index (κ3) is 5.14. The number of ketones is 1. The molecule has 2 heteroatoms. The van der Waals surface area contributed by atoms with Crippen LogP contribution in [0.1, 0.15) is 49.0 Å². The summed E-state index contributed by atoms with van der Waals surface area (Å²) in [6.45, 7) is 5.49. The van der Waals surface area contributed by atoms with Gasteiger partial charge in [-0.15, -0.1) is 0 Å². The molecule has 0 N–H and O–H groups in total. The molecule has 0 aliphatic carbocycles. The van der Waals surface area contributed by atoms with Gasteiger partial charge in [0.1, 0.15) is 0 Å². The van der Waals surface area contributed by atoms with E-state index < -0.39 is 0 Å². The molecule has 0 spiro atoms. The Morgan fingerprint density at radius 1 is 1.06 bits per heavy atom. The third-order valence-corrected chi connectivity index (χ3v) is 2.64. The van der Waals surface area contributed by atoms with E-state index in [0.29, 0.717) is 13.0 Å². The number of Topliss-reactive ketones (excluding diaryl/α,β-unsaturated/α-hetero) is 1. The van der Waals surface area contributed by atoms with Gasteiger partial charge in [0.15, 0.2) is 5.78 Å². The van der Waals surface area contributed by atoms with E-state index in [2.05, 4.69) is 13.8 Å². The molecule has 1 aromatic rings. The van der Waals surface area contributed by atoms with Crippen molar-refractivity contribution in [2.24, 2.45) is 0 Å². The molecule has 0 saturated heterocycles. The van der Waals surface area contributed by atoms with Gasteiger partial charge < -0.3 is 4.74 Å². The molecular weight excluding hydrogens is 212 g/mol. The average molecular weight is 234 g/mol. The smallest absolute Gasteiger partial charge is 0.165 e. The first-order valence-corrected chi connectivity index (χ1v) is 6.47. The molecular formula is C15H22O2. The Kier molecular flexibility index (Phi) is 6.56. The van der Waals surface area contributed by atoms with Gasteiger partial charge >= 0.3 is 0 Å². The molecule has 2 nitrogen and oxygen atoms in total. The van der Waals surface area contributed by atoms with E-state index in [1.165, 1.54) is 5.56 Å². The Labute approximate surface area is 104 Å². The topological polar surface area (TPSA) is 26.3 Å². The van der Waals surface area contributed by atoms with Crippen LogP contribution < -0.4 is 0 Å². The zero-order valence-corrected chi connectivity index (χ0v) is 10.9. The highest BCUT2D eigenvalue weighted by molar-refractivity contribution is 5.96. The number of carbonyl (C=O) groups is 1. The number of aryl methyl sites for hydroxylation is 1. The first kappa shape index (κ1) is 13.9. The summed E-state index contributed by atoms with van der Waals surface area (Å²) in [5.74, 6) is 0.171. The summed E-state index contributed by atoms with van der Waals surface area (Å²) in [7, 11) is 0. The van der Waals surface area contributed by atoms with Crippen LogP contribution >= 0.6 is 0 Å². The largest absolute Gasteiger partial charge is 0.381 e. The standard InChI is InChI=1S/C15H22O2/c1-3-5-13-6-8-14(9-7-13)15(16)10-12-17-11-4-2/h6-9H,3-5,10-12H2,1-2H3. The van der Waals surface area contributed by atoms with Gasteiger partial charge in [-0.25, -0.2) is 0 Å². The van der Waals surface area contributed by atoms with Crippen molar-refractivity contribution in [3.05, 3.63) is 35.4 Å². The Morgan fingerprint density at radius 2 is 1.76 bits per heavy atom. The maximum Gasteiger partial charge on any atom is 0.165 e. The number of carbonyl (C=O) groups excluding carboxylic acids is 1. The predicted octanol–water partition coefficient (Wildman–Crippen LogP) is 3.64. The first-order chi connectivity index (χ1) is 8.27. The van der Waals surface area contributed by atoms with Crippen LogP contribution in [0.15, 0.2) is 24.3 Å². The quantitative estimate of drug-likeness (QED) is 0.507. The van der Waals surface area contributed by atoms with Gasteiger partial charge in [-0.3, -0.25) is 4.79 Å². The summed E-state index contributed by atoms with van der Waals surface area (Å²) in [5, 5.41) is 0. The van der Waals surface area contributed by atoms with E-state index >= 15 is 0 Å². The number of hydrogen-bond acceptors (Lipinski definition) is 2. The fourth-order valence-electron chi connectivity index (χ4n) is 1.70. The number of hydrogen-bond donors (Lipinski definition) is 0.